The van der Waals surface area contributed by atoms with E-state index in [4.69, 9.17) is 4.74 Å². The second-order valence-electron chi connectivity index (χ2n) is 13.4. The molecule has 5 heteroatoms. The van der Waals surface area contributed by atoms with Gasteiger partial charge in [-0.15, -0.1) is 0 Å². The molecule has 3 aliphatic rings. The van der Waals surface area contributed by atoms with Crippen LogP contribution in [0.2, 0.25) is 0 Å². The van der Waals surface area contributed by atoms with Crippen LogP contribution >= 0.6 is 0 Å². The molecule has 1 aliphatic carbocycles. The zero-order chi connectivity index (χ0) is 28.8. The Morgan fingerprint density at radius 3 is 2.44 bits per heavy atom. The standard InChI is InChI=1S/C36H53N3O2/c1-28(2)41-34-13-8-10-31(25-34)26-35(40)39-18-9-16-36(27-39,32-15-14-29(3)30(4)24-32)17-19-37-20-22-38(23-21-37)33-11-6-5-7-12-33/h8,10,13-15,24-25,28,33H,5-7,9,11-12,16-23,26-27H2,1-4H3. The smallest absolute Gasteiger partial charge is 0.227 e. The van der Waals surface area contributed by atoms with Crippen LogP contribution in [-0.4, -0.2) is 78.6 Å². The summed E-state index contributed by atoms with van der Waals surface area (Å²) in [5.74, 6) is 1.08. The molecule has 2 aliphatic heterocycles. The van der Waals surface area contributed by atoms with Crippen LogP contribution in [0.5, 0.6) is 5.75 Å². The van der Waals surface area contributed by atoms with Crippen molar-refractivity contribution in [3.63, 3.8) is 0 Å². The van der Waals surface area contributed by atoms with Crippen LogP contribution in [-0.2, 0) is 16.6 Å². The van der Waals surface area contributed by atoms with Crippen molar-refractivity contribution in [3.8, 4) is 5.75 Å². The summed E-state index contributed by atoms with van der Waals surface area (Å²) < 4.78 is 5.89. The summed E-state index contributed by atoms with van der Waals surface area (Å²) in [5.41, 5.74) is 5.16. The summed E-state index contributed by atoms with van der Waals surface area (Å²) in [6, 6.07) is 15.9. The Morgan fingerprint density at radius 2 is 1.71 bits per heavy atom. The lowest BCUT2D eigenvalue weighted by Crippen LogP contribution is -2.53. The fourth-order valence-electron chi connectivity index (χ4n) is 7.46. The highest BCUT2D eigenvalue weighted by molar-refractivity contribution is 5.79. The molecule has 0 spiro atoms. The molecule has 2 saturated heterocycles. The fourth-order valence-corrected chi connectivity index (χ4v) is 7.46. The molecule has 1 amide bonds. The first kappa shape index (κ1) is 30.1. The molecule has 0 bridgehead atoms. The zero-order valence-electron chi connectivity index (χ0n) is 26.2. The maximum absolute atomic E-state index is 13.7. The number of rotatable bonds is 9. The molecule has 1 saturated carbocycles. The number of carbonyl (C=O) groups is 1. The highest BCUT2D eigenvalue weighted by atomic mass is 16.5. The van der Waals surface area contributed by atoms with E-state index in [9.17, 15) is 4.79 Å². The number of aryl methyl sites for hydroxylation is 2. The lowest BCUT2D eigenvalue weighted by molar-refractivity contribution is -0.132. The molecule has 5 rings (SSSR count). The van der Waals surface area contributed by atoms with E-state index in [-0.39, 0.29) is 17.4 Å². The molecule has 0 radical (unpaired) electrons. The fraction of sp³-hybridized carbons (Fsp3) is 0.639. The Balaban J connectivity index is 1.27. The summed E-state index contributed by atoms with van der Waals surface area (Å²) >= 11 is 0. The van der Waals surface area contributed by atoms with Crippen molar-refractivity contribution in [2.45, 2.75) is 103 Å². The van der Waals surface area contributed by atoms with Crippen LogP contribution in [0.4, 0.5) is 0 Å². The van der Waals surface area contributed by atoms with Gasteiger partial charge in [-0.05, 0) is 101 Å². The number of likely N-dealkylation sites (tertiary alicyclic amines) is 1. The molecule has 1 unspecified atom stereocenters. The minimum Gasteiger partial charge on any atom is -0.491 e. The molecule has 41 heavy (non-hydrogen) atoms. The maximum atomic E-state index is 13.7. The number of amides is 1. The second-order valence-corrected chi connectivity index (χ2v) is 13.4. The molecule has 224 valence electrons. The number of hydrogen-bond donors (Lipinski definition) is 0. The monoisotopic (exact) mass is 559 g/mol. The molecule has 2 heterocycles. The predicted octanol–water partition coefficient (Wildman–Crippen LogP) is 6.53. The average molecular weight is 560 g/mol. The van der Waals surface area contributed by atoms with E-state index in [1.54, 1.807) is 0 Å². The van der Waals surface area contributed by atoms with E-state index in [0.29, 0.717) is 6.42 Å². The molecular formula is C36H53N3O2. The van der Waals surface area contributed by atoms with Crippen molar-refractivity contribution in [1.29, 1.82) is 0 Å². The normalized spacial score (nSPS) is 23.2. The molecular weight excluding hydrogens is 506 g/mol. The minimum atomic E-state index is 0.00940. The first-order chi connectivity index (χ1) is 19.8. The highest BCUT2D eigenvalue weighted by Gasteiger charge is 2.39. The molecule has 0 aromatic heterocycles. The summed E-state index contributed by atoms with van der Waals surface area (Å²) in [6.07, 6.45) is 10.9. The van der Waals surface area contributed by atoms with Crippen LogP contribution in [0.1, 0.15) is 87.5 Å². The second kappa shape index (κ2) is 13.7. The van der Waals surface area contributed by atoms with Crippen molar-refractivity contribution in [1.82, 2.24) is 14.7 Å². The van der Waals surface area contributed by atoms with Gasteiger partial charge in [0.25, 0.3) is 0 Å². The summed E-state index contributed by atoms with van der Waals surface area (Å²) in [6.45, 7) is 16.1. The first-order valence-electron chi connectivity index (χ1n) is 16.4. The lowest BCUT2D eigenvalue weighted by atomic mass is 9.71. The third-order valence-electron chi connectivity index (χ3n) is 10.1. The van der Waals surface area contributed by atoms with Crippen LogP contribution in [0.25, 0.3) is 0 Å². The topological polar surface area (TPSA) is 36.0 Å². The van der Waals surface area contributed by atoms with Gasteiger partial charge >= 0.3 is 0 Å². The Morgan fingerprint density at radius 1 is 0.927 bits per heavy atom. The number of nitrogens with zero attached hydrogens (tertiary/aromatic N) is 3. The number of piperazine rings is 1. The van der Waals surface area contributed by atoms with E-state index in [1.807, 2.05) is 32.0 Å². The maximum Gasteiger partial charge on any atom is 0.227 e. The summed E-state index contributed by atoms with van der Waals surface area (Å²) in [4.78, 5) is 21.3. The van der Waals surface area contributed by atoms with Gasteiger partial charge in [-0.1, -0.05) is 49.6 Å². The number of carbonyl (C=O) groups excluding carboxylic acids is 1. The SMILES string of the molecule is Cc1ccc(C2(CCN3CCN(C4CCCCC4)CC3)CCCN(C(=O)Cc3cccc(OC(C)C)c3)C2)cc1C. The number of ether oxygens (including phenoxy) is 1. The van der Waals surface area contributed by atoms with Gasteiger partial charge in [-0.25, -0.2) is 0 Å². The Kier molecular flexibility index (Phi) is 10.1. The van der Waals surface area contributed by atoms with Crippen LogP contribution < -0.4 is 4.74 Å². The van der Waals surface area contributed by atoms with Crippen molar-refractivity contribution < 1.29 is 9.53 Å². The molecule has 2 aromatic carbocycles. The van der Waals surface area contributed by atoms with Gasteiger partial charge in [0.2, 0.25) is 5.91 Å². The Bertz CT molecular complexity index is 1150. The molecule has 1 atom stereocenters. The van der Waals surface area contributed by atoms with Gasteiger partial charge in [-0.2, -0.15) is 0 Å². The summed E-state index contributed by atoms with van der Waals surface area (Å²) in [7, 11) is 0. The Labute approximate surface area is 249 Å². The van der Waals surface area contributed by atoms with Crippen molar-refractivity contribution in [2.24, 2.45) is 0 Å². The minimum absolute atomic E-state index is 0.00940. The van der Waals surface area contributed by atoms with E-state index < -0.39 is 0 Å². The van der Waals surface area contributed by atoms with Crippen LogP contribution in [0.3, 0.4) is 0 Å². The zero-order valence-corrected chi connectivity index (χ0v) is 26.2. The highest BCUT2D eigenvalue weighted by Crippen LogP contribution is 2.39. The van der Waals surface area contributed by atoms with Crippen LogP contribution in [0, 0.1) is 13.8 Å². The van der Waals surface area contributed by atoms with Gasteiger partial charge in [0.15, 0.2) is 0 Å². The van der Waals surface area contributed by atoms with E-state index in [0.717, 1.165) is 56.3 Å². The molecule has 2 aromatic rings. The van der Waals surface area contributed by atoms with E-state index >= 15 is 0 Å². The van der Waals surface area contributed by atoms with Crippen LogP contribution in [0.15, 0.2) is 42.5 Å². The van der Waals surface area contributed by atoms with Gasteiger partial charge in [0.1, 0.15) is 5.75 Å². The van der Waals surface area contributed by atoms with Crippen molar-refractivity contribution in [2.75, 3.05) is 45.8 Å². The third-order valence-corrected chi connectivity index (χ3v) is 10.1. The molecule has 3 fully saturated rings. The third kappa shape index (κ3) is 7.73. The van der Waals surface area contributed by atoms with E-state index in [2.05, 4.69) is 52.8 Å². The quantitative estimate of drug-likeness (QED) is 0.350. The molecule has 0 N–H and O–H groups in total. The number of piperidine rings is 1. The number of benzene rings is 2. The average Bonchev–Trinajstić information content (AvgIpc) is 2.98. The Hall–Kier alpha value is -2.37. The van der Waals surface area contributed by atoms with Crippen molar-refractivity contribution >= 4 is 5.91 Å². The lowest BCUT2D eigenvalue weighted by Gasteiger charge is -2.46. The number of hydrogen-bond acceptors (Lipinski definition) is 4. The van der Waals surface area contributed by atoms with Gasteiger partial charge < -0.3 is 14.5 Å². The largest absolute Gasteiger partial charge is 0.491 e. The van der Waals surface area contributed by atoms with Gasteiger partial charge in [0, 0.05) is 50.7 Å². The van der Waals surface area contributed by atoms with Gasteiger partial charge in [-0.3, -0.25) is 9.69 Å². The molecule has 5 nitrogen and oxygen atoms in total. The summed E-state index contributed by atoms with van der Waals surface area (Å²) in [5, 5.41) is 0. The first-order valence-corrected chi connectivity index (χ1v) is 16.4. The predicted molar refractivity (Wildman–Crippen MR) is 169 cm³/mol. The van der Waals surface area contributed by atoms with Crippen molar-refractivity contribution in [3.05, 3.63) is 64.7 Å². The van der Waals surface area contributed by atoms with E-state index in [1.165, 1.54) is 75.0 Å². The van der Waals surface area contributed by atoms with Gasteiger partial charge in [0.05, 0.1) is 12.5 Å².